The number of esters is 1. The molecule has 0 saturated heterocycles. The Balaban J connectivity index is 1.92. The Bertz CT molecular complexity index is 491. The summed E-state index contributed by atoms with van der Waals surface area (Å²) in [6.07, 6.45) is 0.611. The van der Waals surface area contributed by atoms with Gasteiger partial charge in [0.2, 0.25) is 0 Å². The lowest BCUT2D eigenvalue weighted by Gasteiger charge is -2.13. The Hall–Kier alpha value is -2.09. The monoisotopic (exact) mass is 240 g/mol. The summed E-state index contributed by atoms with van der Waals surface area (Å²) < 4.78 is 5.40. The van der Waals surface area contributed by atoms with Crippen LogP contribution in [0.5, 0.6) is 0 Å². The smallest absolute Gasteiger partial charge is 0.338 e. The van der Waals surface area contributed by atoms with Crippen molar-refractivity contribution in [2.45, 2.75) is 19.4 Å². The Morgan fingerprint density at radius 1 is 1.00 bits per heavy atom. The molecule has 0 aliphatic carbocycles. The average Bonchev–Trinajstić information content (AvgIpc) is 2.40. The van der Waals surface area contributed by atoms with Crippen LogP contribution in [-0.2, 0) is 11.2 Å². The maximum absolute atomic E-state index is 11.8. The quantitative estimate of drug-likeness (QED) is 0.765. The van der Waals surface area contributed by atoms with Gasteiger partial charge in [0.05, 0.1) is 5.56 Å². The first-order valence-corrected chi connectivity index (χ1v) is 6.05. The second kappa shape index (κ2) is 6.01. The highest BCUT2D eigenvalue weighted by Gasteiger charge is 2.11. The van der Waals surface area contributed by atoms with E-state index in [1.54, 1.807) is 12.1 Å². The zero-order valence-corrected chi connectivity index (χ0v) is 10.4. The molecular weight excluding hydrogens is 224 g/mol. The first kappa shape index (κ1) is 12.4. The van der Waals surface area contributed by atoms with E-state index >= 15 is 0 Å². The fourth-order valence-electron chi connectivity index (χ4n) is 1.81. The minimum Gasteiger partial charge on any atom is -0.459 e. The van der Waals surface area contributed by atoms with Crippen molar-refractivity contribution >= 4 is 5.97 Å². The van der Waals surface area contributed by atoms with Crippen LogP contribution in [0.15, 0.2) is 60.7 Å². The van der Waals surface area contributed by atoms with Crippen LogP contribution in [0.3, 0.4) is 0 Å². The molecule has 2 heteroatoms. The molecule has 0 N–H and O–H groups in total. The summed E-state index contributed by atoms with van der Waals surface area (Å²) in [5, 5.41) is 0. The number of hydrogen-bond donors (Lipinski definition) is 0. The van der Waals surface area contributed by atoms with Crippen LogP contribution in [0.4, 0.5) is 0 Å². The number of ether oxygens (including phenoxy) is 1. The van der Waals surface area contributed by atoms with Crippen LogP contribution in [0.2, 0.25) is 0 Å². The standard InChI is InChI=1S/C16H16O2/c1-13(12-14-8-4-2-5-9-14)18-16(17)15-10-6-3-7-11-15/h2-11,13H,12H2,1H3/t13-/m1/s1. The van der Waals surface area contributed by atoms with Gasteiger partial charge < -0.3 is 4.74 Å². The van der Waals surface area contributed by atoms with E-state index in [-0.39, 0.29) is 12.1 Å². The second-order valence-corrected chi connectivity index (χ2v) is 4.27. The zero-order valence-electron chi connectivity index (χ0n) is 10.4. The molecular formula is C16H16O2. The third-order valence-corrected chi connectivity index (χ3v) is 2.68. The SMILES string of the molecule is C[C@H](Cc1ccccc1)OC(=O)c1ccccc1. The molecule has 0 unspecified atom stereocenters. The van der Waals surface area contributed by atoms with E-state index in [0.717, 1.165) is 6.42 Å². The maximum atomic E-state index is 11.8. The maximum Gasteiger partial charge on any atom is 0.338 e. The van der Waals surface area contributed by atoms with Gasteiger partial charge >= 0.3 is 5.97 Å². The van der Waals surface area contributed by atoms with E-state index in [0.29, 0.717) is 5.56 Å². The van der Waals surface area contributed by atoms with Crippen LogP contribution in [0, 0.1) is 0 Å². The second-order valence-electron chi connectivity index (χ2n) is 4.27. The molecule has 18 heavy (non-hydrogen) atoms. The predicted molar refractivity (Wildman–Crippen MR) is 71.5 cm³/mol. The molecule has 0 saturated carbocycles. The topological polar surface area (TPSA) is 26.3 Å². The lowest BCUT2D eigenvalue weighted by molar-refractivity contribution is 0.0343. The van der Waals surface area contributed by atoms with Gasteiger partial charge in [-0.1, -0.05) is 48.5 Å². The minimum absolute atomic E-state index is 0.125. The summed E-state index contributed by atoms with van der Waals surface area (Å²) in [5.41, 5.74) is 1.77. The van der Waals surface area contributed by atoms with E-state index in [1.165, 1.54) is 5.56 Å². The van der Waals surface area contributed by atoms with Crippen LogP contribution in [0.1, 0.15) is 22.8 Å². The lowest BCUT2D eigenvalue weighted by Crippen LogP contribution is -2.17. The average molecular weight is 240 g/mol. The van der Waals surface area contributed by atoms with E-state index in [9.17, 15) is 4.79 Å². The van der Waals surface area contributed by atoms with Gasteiger partial charge in [-0.25, -0.2) is 4.79 Å². The van der Waals surface area contributed by atoms with Crippen molar-refractivity contribution in [2.75, 3.05) is 0 Å². The van der Waals surface area contributed by atoms with Crippen molar-refractivity contribution in [3.8, 4) is 0 Å². The third kappa shape index (κ3) is 3.45. The molecule has 2 aromatic carbocycles. The molecule has 2 nitrogen and oxygen atoms in total. The van der Waals surface area contributed by atoms with Crippen molar-refractivity contribution in [3.63, 3.8) is 0 Å². The largest absolute Gasteiger partial charge is 0.459 e. The normalized spacial score (nSPS) is 11.8. The van der Waals surface area contributed by atoms with Crippen LogP contribution in [0.25, 0.3) is 0 Å². The van der Waals surface area contributed by atoms with E-state index in [4.69, 9.17) is 4.74 Å². The molecule has 0 amide bonds. The van der Waals surface area contributed by atoms with Crippen molar-refractivity contribution < 1.29 is 9.53 Å². The van der Waals surface area contributed by atoms with Crippen LogP contribution < -0.4 is 0 Å². The molecule has 2 aromatic rings. The van der Waals surface area contributed by atoms with E-state index in [2.05, 4.69) is 0 Å². The minimum atomic E-state index is -0.265. The summed E-state index contributed by atoms with van der Waals surface area (Å²) in [6.45, 7) is 1.91. The number of hydrogen-bond acceptors (Lipinski definition) is 2. The van der Waals surface area contributed by atoms with Crippen molar-refractivity contribution in [1.82, 2.24) is 0 Å². The highest BCUT2D eigenvalue weighted by molar-refractivity contribution is 5.89. The van der Waals surface area contributed by atoms with Crippen molar-refractivity contribution in [3.05, 3.63) is 71.8 Å². The van der Waals surface area contributed by atoms with Crippen LogP contribution in [-0.4, -0.2) is 12.1 Å². The Kier molecular flexibility index (Phi) is 4.13. The predicted octanol–water partition coefficient (Wildman–Crippen LogP) is 3.47. The van der Waals surface area contributed by atoms with Crippen LogP contribution >= 0.6 is 0 Å². The number of rotatable bonds is 4. The molecule has 0 heterocycles. The summed E-state index contributed by atoms with van der Waals surface area (Å²) >= 11 is 0. The summed E-state index contributed by atoms with van der Waals surface area (Å²) in [5.74, 6) is -0.265. The molecule has 92 valence electrons. The van der Waals surface area contributed by atoms with E-state index < -0.39 is 0 Å². The molecule has 1 atom stereocenters. The molecule has 0 spiro atoms. The fraction of sp³-hybridized carbons (Fsp3) is 0.188. The van der Waals surface area contributed by atoms with Gasteiger partial charge in [0.15, 0.2) is 0 Å². The molecule has 0 aliphatic heterocycles. The van der Waals surface area contributed by atoms with E-state index in [1.807, 2.05) is 55.5 Å². The molecule has 0 fully saturated rings. The third-order valence-electron chi connectivity index (χ3n) is 2.68. The highest BCUT2D eigenvalue weighted by Crippen LogP contribution is 2.08. The van der Waals surface area contributed by atoms with Gasteiger partial charge in [0.25, 0.3) is 0 Å². The summed E-state index contributed by atoms with van der Waals surface area (Å²) in [7, 11) is 0. The molecule has 0 radical (unpaired) electrons. The van der Waals surface area contributed by atoms with Gasteiger partial charge in [-0.15, -0.1) is 0 Å². The summed E-state index contributed by atoms with van der Waals surface area (Å²) in [4.78, 5) is 11.8. The highest BCUT2D eigenvalue weighted by atomic mass is 16.5. The van der Waals surface area contributed by atoms with Crippen molar-refractivity contribution in [1.29, 1.82) is 0 Å². The molecule has 0 bridgehead atoms. The lowest BCUT2D eigenvalue weighted by atomic mass is 10.1. The fourth-order valence-corrected chi connectivity index (χ4v) is 1.81. The van der Waals surface area contributed by atoms with Gasteiger partial charge in [-0.3, -0.25) is 0 Å². The first-order chi connectivity index (χ1) is 8.75. The molecule has 0 aromatic heterocycles. The van der Waals surface area contributed by atoms with Crippen molar-refractivity contribution in [2.24, 2.45) is 0 Å². The number of benzene rings is 2. The Morgan fingerprint density at radius 3 is 2.17 bits per heavy atom. The summed E-state index contributed by atoms with van der Waals surface area (Å²) in [6, 6.07) is 19.1. The Labute approximate surface area is 107 Å². The number of carbonyl (C=O) groups is 1. The number of carbonyl (C=O) groups excluding carboxylic acids is 1. The zero-order chi connectivity index (χ0) is 12.8. The molecule has 0 aliphatic rings. The first-order valence-electron chi connectivity index (χ1n) is 6.05. The Morgan fingerprint density at radius 2 is 1.56 bits per heavy atom. The molecule has 2 rings (SSSR count). The van der Waals surface area contributed by atoms with Gasteiger partial charge in [0.1, 0.15) is 6.10 Å². The van der Waals surface area contributed by atoms with Gasteiger partial charge in [0, 0.05) is 6.42 Å². The van der Waals surface area contributed by atoms with Gasteiger partial charge in [-0.2, -0.15) is 0 Å². The van der Waals surface area contributed by atoms with Gasteiger partial charge in [-0.05, 0) is 24.6 Å².